The van der Waals surface area contributed by atoms with E-state index < -0.39 is 10.0 Å². The molecule has 0 unspecified atom stereocenters. The highest BCUT2D eigenvalue weighted by Crippen LogP contribution is 2.24. The van der Waals surface area contributed by atoms with Crippen LogP contribution < -0.4 is 10.2 Å². The average molecular weight is 478 g/mol. The maximum Gasteiger partial charge on any atom is 0.223 e. The van der Waals surface area contributed by atoms with E-state index >= 15 is 0 Å². The Morgan fingerprint density at radius 2 is 1.69 bits per heavy atom. The lowest BCUT2D eigenvalue weighted by atomic mass is 9.97. The van der Waals surface area contributed by atoms with Gasteiger partial charge in [0.05, 0.1) is 5.75 Å². The molecule has 32 heavy (non-hydrogen) atoms. The number of benzene rings is 2. The Morgan fingerprint density at radius 3 is 2.28 bits per heavy atom. The summed E-state index contributed by atoms with van der Waals surface area (Å²) >= 11 is 6.12. The van der Waals surface area contributed by atoms with Gasteiger partial charge in [-0.2, -0.15) is 0 Å². The van der Waals surface area contributed by atoms with E-state index in [4.69, 9.17) is 11.6 Å². The molecule has 0 aromatic heterocycles. The van der Waals surface area contributed by atoms with E-state index in [0.717, 1.165) is 18.7 Å². The fraction of sp³-hybridized carbons (Fsp3) is 0.458. The molecule has 1 aliphatic heterocycles. The van der Waals surface area contributed by atoms with E-state index in [0.29, 0.717) is 43.1 Å². The van der Waals surface area contributed by atoms with Gasteiger partial charge in [0.1, 0.15) is 0 Å². The van der Waals surface area contributed by atoms with Crippen LogP contribution in [0, 0.1) is 5.92 Å². The first kappa shape index (κ1) is 24.6. The molecule has 1 N–H and O–H groups in total. The van der Waals surface area contributed by atoms with Gasteiger partial charge in [-0.15, -0.1) is 0 Å². The van der Waals surface area contributed by atoms with E-state index in [1.807, 2.05) is 12.1 Å². The molecule has 1 heterocycles. The molecule has 2 aromatic rings. The van der Waals surface area contributed by atoms with Crippen LogP contribution in [0.5, 0.6) is 0 Å². The minimum absolute atomic E-state index is 0.0130. The largest absolute Gasteiger partial charge is 0.372 e. The van der Waals surface area contributed by atoms with Crippen molar-refractivity contribution in [1.29, 1.82) is 0 Å². The van der Waals surface area contributed by atoms with E-state index in [2.05, 4.69) is 36.2 Å². The maximum atomic E-state index is 12.8. The molecule has 0 aliphatic carbocycles. The number of sulfonamides is 1. The minimum atomic E-state index is -3.47. The van der Waals surface area contributed by atoms with Crippen LogP contribution in [0.15, 0.2) is 48.5 Å². The van der Waals surface area contributed by atoms with Crippen LogP contribution in [-0.2, 0) is 27.1 Å². The lowest BCUT2D eigenvalue weighted by Gasteiger charge is -2.30. The fourth-order valence-electron chi connectivity index (χ4n) is 4.05. The second-order valence-corrected chi connectivity index (χ2v) is 10.5. The quantitative estimate of drug-likeness (QED) is 0.591. The van der Waals surface area contributed by atoms with Gasteiger partial charge in [0, 0.05) is 49.4 Å². The van der Waals surface area contributed by atoms with Crippen LogP contribution in [0.2, 0.25) is 5.02 Å². The molecule has 1 aliphatic rings. The van der Waals surface area contributed by atoms with Gasteiger partial charge in [-0.3, -0.25) is 4.79 Å². The van der Waals surface area contributed by atoms with Gasteiger partial charge in [0.15, 0.2) is 0 Å². The van der Waals surface area contributed by atoms with Crippen LogP contribution in [-0.4, -0.2) is 44.8 Å². The first-order valence-electron chi connectivity index (χ1n) is 11.2. The summed E-state index contributed by atoms with van der Waals surface area (Å²) < 4.78 is 27.0. The molecule has 1 saturated heterocycles. The minimum Gasteiger partial charge on any atom is -0.372 e. The fourth-order valence-corrected chi connectivity index (χ4v) is 5.92. The summed E-state index contributed by atoms with van der Waals surface area (Å²) in [5.41, 5.74) is 2.82. The summed E-state index contributed by atoms with van der Waals surface area (Å²) in [4.78, 5) is 14.9. The molecule has 8 heteroatoms. The van der Waals surface area contributed by atoms with Crippen molar-refractivity contribution >= 4 is 33.2 Å². The topological polar surface area (TPSA) is 69.7 Å². The summed E-state index contributed by atoms with van der Waals surface area (Å²) in [7, 11) is -3.47. The van der Waals surface area contributed by atoms with Gasteiger partial charge in [0.25, 0.3) is 0 Å². The number of halogens is 1. The van der Waals surface area contributed by atoms with Gasteiger partial charge in [-0.25, -0.2) is 12.7 Å². The van der Waals surface area contributed by atoms with Gasteiger partial charge in [-0.1, -0.05) is 41.9 Å². The van der Waals surface area contributed by atoms with E-state index in [9.17, 15) is 13.2 Å². The smallest absolute Gasteiger partial charge is 0.223 e. The Hall–Kier alpha value is -2.09. The summed E-state index contributed by atoms with van der Waals surface area (Å²) in [6.45, 7) is 7.35. The molecule has 174 valence electrons. The van der Waals surface area contributed by atoms with Gasteiger partial charge in [0.2, 0.25) is 15.9 Å². The van der Waals surface area contributed by atoms with Crippen LogP contribution in [0.4, 0.5) is 5.69 Å². The van der Waals surface area contributed by atoms with Gasteiger partial charge < -0.3 is 10.2 Å². The van der Waals surface area contributed by atoms with Crippen molar-refractivity contribution in [2.45, 2.75) is 39.0 Å². The van der Waals surface area contributed by atoms with Crippen molar-refractivity contribution in [2.75, 3.05) is 31.1 Å². The summed E-state index contributed by atoms with van der Waals surface area (Å²) in [6.07, 6.45) is 1.04. The molecule has 0 spiro atoms. The SMILES string of the molecule is CCN(CC)c1ccc(CNC(=O)C2CCN(S(=O)(=O)Cc3ccccc3Cl)CC2)cc1. The summed E-state index contributed by atoms with van der Waals surface area (Å²) in [6, 6.07) is 15.2. The van der Waals surface area contributed by atoms with Crippen molar-refractivity contribution in [3.05, 3.63) is 64.7 Å². The lowest BCUT2D eigenvalue weighted by molar-refractivity contribution is -0.126. The zero-order chi connectivity index (χ0) is 23.1. The molecule has 3 rings (SSSR count). The maximum absolute atomic E-state index is 12.8. The molecular formula is C24H32ClN3O3S. The van der Waals surface area contributed by atoms with Crippen molar-refractivity contribution < 1.29 is 13.2 Å². The van der Waals surface area contributed by atoms with Crippen molar-refractivity contribution in [3.63, 3.8) is 0 Å². The van der Waals surface area contributed by atoms with Crippen LogP contribution in [0.1, 0.15) is 37.8 Å². The highest BCUT2D eigenvalue weighted by Gasteiger charge is 2.31. The Balaban J connectivity index is 1.48. The number of piperidine rings is 1. The number of amides is 1. The third kappa shape index (κ3) is 6.24. The summed E-state index contributed by atoms with van der Waals surface area (Å²) in [5, 5.41) is 3.46. The first-order valence-corrected chi connectivity index (χ1v) is 13.2. The molecule has 0 atom stereocenters. The number of carbonyl (C=O) groups is 1. The normalized spacial score (nSPS) is 15.5. The molecule has 0 bridgehead atoms. The standard InChI is InChI=1S/C24H32ClN3O3S/c1-3-27(4-2)22-11-9-19(10-12-22)17-26-24(29)20-13-15-28(16-14-20)32(30,31)18-21-7-5-6-8-23(21)25/h5-12,20H,3-4,13-18H2,1-2H3,(H,26,29). The van der Waals surface area contributed by atoms with E-state index in [1.165, 1.54) is 9.99 Å². The number of nitrogens with one attached hydrogen (secondary N) is 1. The second kappa shape index (κ2) is 11.2. The van der Waals surface area contributed by atoms with Gasteiger partial charge in [-0.05, 0) is 56.0 Å². The molecular weight excluding hydrogens is 446 g/mol. The monoisotopic (exact) mass is 477 g/mol. The molecule has 0 radical (unpaired) electrons. The van der Waals surface area contributed by atoms with Crippen LogP contribution in [0.25, 0.3) is 0 Å². The number of carbonyl (C=O) groups excluding carboxylic acids is 1. The summed E-state index contributed by atoms with van der Waals surface area (Å²) in [5.74, 6) is -0.301. The molecule has 0 saturated carbocycles. The third-order valence-electron chi connectivity index (χ3n) is 6.05. The zero-order valence-corrected chi connectivity index (χ0v) is 20.3. The van der Waals surface area contributed by atoms with Crippen LogP contribution >= 0.6 is 11.6 Å². The van der Waals surface area contributed by atoms with Crippen molar-refractivity contribution in [1.82, 2.24) is 9.62 Å². The zero-order valence-electron chi connectivity index (χ0n) is 18.8. The molecule has 1 fully saturated rings. The van der Waals surface area contributed by atoms with Crippen LogP contribution in [0.3, 0.4) is 0 Å². The number of anilines is 1. The first-order chi connectivity index (χ1) is 15.3. The predicted molar refractivity (Wildman–Crippen MR) is 130 cm³/mol. The molecule has 2 aromatic carbocycles. The van der Waals surface area contributed by atoms with Gasteiger partial charge >= 0.3 is 0 Å². The Morgan fingerprint density at radius 1 is 1.06 bits per heavy atom. The highest BCUT2D eigenvalue weighted by atomic mass is 35.5. The lowest BCUT2D eigenvalue weighted by Crippen LogP contribution is -2.43. The van der Waals surface area contributed by atoms with E-state index in [-0.39, 0.29) is 17.6 Å². The second-order valence-electron chi connectivity index (χ2n) is 8.08. The number of nitrogens with zero attached hydrogens (tertiary/aromatic N) is 2. The molecule has 6 nitrogen and oxygen atoms in total. The van der Waals surface area contributed by atoms with Crippen molar-refractivity contribution in [3.8, 4) is 0 Å². The van der Waals surface area contributed by atoms with Crippen molar-refractivity contribution in [2.24, 2.45) is 5.92 Å². The Bertz CT molecular complexity index is 999. The average Bonchev–Trinajstić information content (AvgIpc) is 2.80. The van der Waals surface area contributed by atoms with E-state index in [1.54, 1.807) is 24.3 Å². The number of hydrogen-bond acceptors (Lipinski definition) is 4. The highest BCUT2D eigenvalue weighted by molar-refractivity contribution is 7.88. The third-order valence-corrected chi connectivity index (χ3v) is 8.24. The number of rotatable bonds is 9. The molecule has 1 amide bonds. The predicted octanol–water partition coefficient (Wildman–Crippen LogP) is 4.04. The Kier molecular flexibility index (Phi) is 8.57. The Labute approximate surface area is 196 Å². The number of hydrogen-bond donors (Lipinski definition) is 1.